The average Bonchev–Trinajstić information content (AvgIpc) is 2.75. The Hall–Kier alpha value is -3.34. The van der Waals surface area contributed by atoms with Gasteiger partial charge in [-0.15, -0.1) is 0 Å². The fourth-order valence-electron chi connectivity index (χ4n) is 3.14. The molecule has 1 heterocycles. The second-order valence-corrected chi connectivity index (χ2v) is 6.30. The zero-order chi connectivity index (χ0) is 19.8. The largest absolute Gasteiger partial charge is 0.496 e. The van der Waals surface area contributed by atoms with Crippen LogP contribution in [0.4, 0.5) is 11.4 Å². The van der Waals surface area contributed by atoms with E-state index in [9.17, 15) is 4.79 Å². The Labute approximate surface area is 166 Å². The van der Waals surface area contributed by atoms with Gasteiger partial charge in [-0.3, -0.25) is 9.78 Å². The van der Waals surface area contributed by atoms with Gasteiger partial charge in [-0.1, -0.05) is 36.4 Å². The Kier molecular flexibility index (Phi) is 6.63. The Balaban J connectivity index is 1.67. The van der Waals surface area contributed by atoms with E-state index in [0.717, 1.165) is 29.2 Å². The van der Waals surface area contributed by atoms with Crippen LogP contribution in [-0.2, 0) is 6.42 Å². The predicted molar refractivity (Wildman–Crippen MR) is 112 cm³/mol. The molecule has 1 N–H and O–H groups in total. The van der Waals surface area contributed by atoms with E-state index < -0.39 is 0 Å². The number of benzene rings is 2. The number of carbonyl (C=O) groups is 1. The first-order chi connectivity index (χ1) is 13.7. The van der Waals surface area contributed by atoms with Crippen LogP contribution in [0, 0.1) is 0 Å². The van der Waals surface area contributed by atoms with Gasteiger partial charge in [-0.2, -0.15) is 0 Å². The van der Waals surface area contributed by atoms with E-state index in [1.165, 1.54) is 0 Å². The molecule has 28 heavy (non-hydrogen) atoms. The predicted octanol–water partition coefficient (Wildman–Crippen LogP) is 4.22. The molecule has 1 amide bonds. The monoisotopic (exact) mass is 375 g/mol. The molecule has 0 fully saturated rings. The molecule has 0 unspecified atom stereocenters. The molecule has 0 aliphatic carbocycles. The Morgan fingerprint density at radius 2 is 1.79 bits per heavy atom. The van der Waals surface area contributed by atoms with Gasteiger partial charge in [-0.05, 0) is 49.2 Å². The molecule has 3 aromatic rings. The number of hydrogen-bond donors (Lipinski definition) is 1. The lowest BCUT2D eigenvalue weighted by atomic mass is 10.1. The lowest BCUT2D eigenvalue weighted by molar-refractivity contribution is 0.0949. The molecule has 2 aromatic carbocycles. The summed E-state index contributed by atoms with van der Waals surface area (Å²) in [5.74, 6) is 0.652. The second kappa shape index (κ2) is 9.55. The minimum absolute atomic E-state index is 0.180. The van der Waals surface area contributed by atoms with Crippen molar-refractivity contribution in [1.29, 1.82) is 0 Å². The number of para-hydroxylation sites is 2. The number of anilines is 2. The maximum absolute atomic E-state index is 12.6. The molecule has 0 aliphatic heterocycles. The van der Waals surface area contributed by atoms with E-state index in [4.69, 9.17) is 4.74 Å². The molecule has 0 atom stereocenters. The number of hydrogen-bond acceptors (Lipinski definition) is 4. The molecule has 0 aliphatic rings. The fourth-order valence-corrected chi connectivity index (χ4v) is 3.14. The zero-order valence-corrected chi connectivity index (χ0v) is 16.3. The number of ether oxygens (including phenoxy) is 1. The molecule has 1 aromatic heterocycles. The maximum Gasteiger partial charge on any atom is 0.269 e. The third-order valence-electron chi connectivity index (χ3n) is 4.54. The third kappa shape index (κ3) is 4.68. The van der Waals surface area contributed by atoms with Gasteiger partial charge in [0.1, 0.15) is 11.4 Å². The summed E-state index contributed by atoms with van der Waals surface area (Å²) >= 11 is 0. The zero-order valence-electron chi connectivity index (χ0n) is 16.3. The molecule has 0 bridgehead atoms. The van der Waals surface area contributed by atoms with Gasteiger partial charge in [0.25, 0.3) is 5.91 Å². The number of rotatable bonds is 8. The summed E-state index contributed by atoms with van der Waals surface area (Å²) in [6.07, 6.45) is 2.37. The highest BCUT2D eigenvalue weighted by atomic mass is 16.5. The Bertz CT molecular complexity index is 912. The summed E-state index contributed by atoms with van der Waals surface area (Å²) in [5, 5.41) is 2.95. The Morgan fingerprint density at radius 1 is 1.04 bits per heavy atom. The van der Waals surface area contributed by atoms with Crippen LogP contribution in [0.5, 0.6) is 5.75 Å². The van der Waals surface area contributed by atoms with Crippen molar-refractivity contribution in [3.63, 3.8) is 0 Å². The van der Waals surface area contributed by atoms with Crippen LogP contribution in [0.2, 0.25) is 0 Å². The topological polar surface area (TPSA) is 54.5 Å². The minimum Gasteiger partial charge on any atom is -0.496 e. The number of methoxy groups -OCH3 is 1. The van der Waals surface area contributed by atoms with Crippen molar-refractivity contribution in [2.24, 2.45) is 0 Å². The molecule has 0 radical (unpaired) electrons. The van der Waals surface area contributed by atoms with Crippen molar-refractivity contribution in [2.75, 3.05) is 25.1 Å². The summed E-state index contributed by atoms with van der Waals surface area (Å²) in [7, 11) is 1.65. The number of pyridine rings is 1. The second-order valence-electron chi connectivity index (χ2n) is 6.30. The lowest BCUT2D eigenvalue weighted by Gasteiger charge is -2.23. The highest BCUT2D eigenvalue weighted by Crippen LogP contribution is 2.24. The van der Waals surface area contributed by atoms with Crippen molar-refractivity contribution in [3.05, 3.63) is 84.2 Å². The summed E-state index contributed by atoms with van der Waals surface area (Å²) < 4.78 is 5.35. The molecule has 3 rings (SSSR count). The quantitative estimate of drug-likeness (QED) is 0.640. The van der Waals surface area contributed by atoms with E-state index in [0.29, 0.717) is 18.7 Å². The molecule has 0 spiro atoms. The van der Waals surface area contributed by atoms with E-state index in [1.54, 1.807) is 13.3 Å². The summed E-state index contributed by atoms with van der Waals surface area (Å²) in [4.78, 5) is 19.0. The highest BCUT2D eigenvalue weighted by Gasteiger charge is 2.12. The molecule has 0 saturated carbocycles. The van der Waals surface area contributed by atoms with Crippen molar-refractivity contribution < 1.29 is 9.53 Å². The average molecular weight is 375 g/mol. The van der Waals surface area contributed by atoms with Crippen LogP contribution in [0.25, 0.3) is 0 Å². The third-order valence-corrected chi connectivity index (χ3v) is 4.54. The van der Waals surface area contributed by atoms with Gasteiger partial charge in [0.2, 0.25) is 0 Å². The van der Waals surface area contributed by atoms with Crippen LogP contribution in [0.1, 0.15) is 23.0 Å². The first kappa shape index (κ1) is 19.4. The molecule has 144 valence electrons. The van der Waals surface area contributed by atoms with Crippen LogP contribution < -0.4 is 15.0 Å². The van der Waals surface area contributed by atoms with E-state index in [-0.39, 0.29) is 5.91 Å². The SMILES string of the molecule is CCN(c1ccccc1)c1ccnc(C(=O)NCCc2ccccc2OC)c1. The smallest absolute Gasteiger partial charge is 0.269 e. The van der Waals surface area contributed by atoms with Crippen LogP contribution in [0.3, 0.4) is 0 Å². The number of aromatic nitrogens is 1. The number of nitrogens with zero attached hydrogens (tertiary/aromatic N) is 2. The fraction of sp³-hybridized carbons (Fsp3) is 0.217. The van der Waals surface area contributed by atoms with Crippen molar-refractivity contribution >= 4 is 17.3 Å². The summed E-state index contributed by atoms with van der Waals surface area (Å²) in [5.41, 5.74) is 3.50. The Morgan fingerprint density at radius 3 is 2.54 bits per heavy atom. The van der Waals surface area contributed by atoms with E-state index >= 15 is 0 Å². The van der Waals surface area contributed by atoms with Gasteiger partial charge >= 0.3 is 0 Å². The standard InChI is InChI=1S/C23H25N3O2/c1-3-26(19-10-5-4-6-11-19)20-14-16-24-21(17-20)23(27)25-15-13-18-9-7-8-12-22(18)28-2/h4-12,14,16-17H,3,13,15H2,1-2H3,(H,25,27). The van der Waals surface area contributed by atoms with Crippen LogP contribution >= 0.6 is 0 Å². The van der Waals surface area contributed by atoms with Crippen molar-refractivity contribution in [1.82, 2.24) is 10.3 Å². The van der Waals surface area contributed by atoms with Crippen molar-refractivity contribution in [3.8, 4) is 5.75 Å². The van der Waals surface area contributed by atoms with Gasteiger partial charge < -0.3 is 15.0 Å². The number of amides is 1. The molecular formula is C23H25N3O2. The first-order valence-electron chi connectivity index (χ1n) is 9.41. The molecule has 0 saturated heterocycles. The molecular weight excluding hydrogens is 350 g/mol. The summed E-state index contributed by atoms with van der Waals surface area (Å²) in [6, 6.07) is 21.7. The van der Waals surface area contributed by atoms with Gasteiger partial charge in [-0.25, -0.2) is 0 Å². The van der Waals surface area contributed by atoms with E-state index in [2.05, 4.69) is 34.3 Å². The van der Waals surface area contributed by atoms with Gasteiger partial charge in [0.05, 0.1) is 7.11 Å². The summed E-state index contributed by atoms with van der Waals surface area (Å²) in [6.45, 7) is 3.39. The van der Waals surface area contributed by atoms with Crippen LogP contribution in [-0.4, -0.2) is 31.1 Å². The highest BCUT2D eigenvalue weighted by molar-refractivity contribution is 5.93. The molecule has 5 heteroatoms. The van der Waals surface area contributed by atoms with E-state index in [1.807, 2.05) is 54.6 Å². The number of nitrogens with one attached hydrogen (secondary N) is 1. The normalized spacial score (nSPS) is 10.4. The molecule has 5 nitrogen and oxygen atoms in total. The van der Waals surface area contributed by atoms with Gasteiger partial charge in [0, 0.05) is 30.7 Å². The minimum atomic E-state index is -0.180. The first-order valence-corrected chi connectivity index (χ1v) is 9.41. The van der Waals surface area contributed by atoms with Gasteiger partial charge in [0.15, 0.2) is 0 Å². The van der Waals surface area contributed by atoms with Crippen LogP contribution in [0.15, 0.2) is 72.9 Å². The number of carbonyl (C=O) groups excluding carboxylic acids is 1. The maximum atomic E-state index is 12.6. The van der Waals surface area contributed by atoms with Crippen molar-refractivity contribution in [2.45, 2.75) is 13.3 Å². The lowest BCUT2D eigenvalue weighted by Crippen LogP contribution is -2.27.